The number of carbonyl (C=O) groups is 1. The standard InChI is InChI=1S/C23H24F2N6O2/c1-13-21-19(30(3)22(14(2)33-4)23(32)29-21)8-20(28-13)26-9-15-10-27-31(11-15)12-16-5-6-17(24)7-18(16)25/h5-8,10-11,22H,2,9,12H2,1,3-4H3,(H,26,28)(H,29,32)/t22-/m0/s1. The van der Waals surface area contributed by atoms with Gasteiger partial charge in [0.05, 0.1) is 36.9 Å². The van der Waals surface area contributed by atoms with E-state index in [0.717, 1.165) is 17.3 Å². The molecular formula is C23H24F2N6O2. The lowest BCUT2D eigenvalue weighted by Crippen LogP contribution is -2.47. The summed E-state index contributed by atoms with van der Waals surface area (Å²) in [6.45, 7) is 6.27. The molecule has 4 rings (SSSR count). The molecule has 33 heavy (non-hydrogen) atoms. The van der Waals surface area contributed by atoms with Gasteiger partial charge in [-0.3, -0.25) is 9.48 Å². The molecule has 0 fully saturated rings. The lowest BCUT2D eigenvalue weighted by atomic mass is 10.1. The van der Waals surface area contributed by atoms with Crippen LogP contribution in [0.5, 0.6) is 0 Å². The SMILES string of the molecule is C=C(OC)[C@H]1C(=O)Nc2c(cc(NCc3cnn(Cc4ccc(F)cc4F)c3)nc2C)N1C. The van der Waals surface area contributed by atoms with Crippen LogP contribution in [-0.4, -0.2) is 40.9 Å². The van der Waals surface area contributed by atoms with Gasteiger partial charge in [-0.25, -0.2) is 13.8 Å². The smallest absolute Gasteiger partial charge is 0.255 e. The highest BCUT2D eigenvalue weighted by molar-refractivity contribution is 6.05. The summed E-state index contributed by atoms with van der Waals surface area (Å²) in [5.41, 5.74) is 3.31. The number of likely N-dealkylation sites (N-methyl/N-ethyl adjacent to an activating group) is 1. The normalized spacial score (nSPS) is 15.1. The van der Waals surface area contributed by atoms with E-state index in [1.165, 1.54) is 19.2 Å². The van der Waals surface area contributed by atoms with Gasteiger partial charge >= 0.3 is 0 Å². The first-order valence-electron chi connectivity index (χ1n) is 10.2. The lowest BCUT2D eigenvalue weighted by molar-refractivity contribution is -0.117. The van der Waals surface area contributed by atoms with E-state index in [1.54, 1.807) is 29.0 Å². The number of anilines is 3. The Bertz CT molecular complexity index is 1230. The maximum Gasteiger partial charge on any atom is 0.255 e. The lowest BCUT2D eigenvalue weighted by Gasteiger charge is -2.36. The largest absolute Gasteiger partial charge is 0.499 e. The van der Waals surface area contributed by atoms with Gasteiger partial charge in [0.2, 0.25) is 0 Å². The summed E-state index contributed by atoms with van der Waals surface area (Å²) in [6.07, 6.45) is 3.46. The third-order valence-electron chi connectivity index (χ3n) is 5.52. The number of benzene rings is 1. The van der Waals surface area contributed by atoms with Crippen LogP contribution in [-0.2, 0) is 22.6 Å². The van der Waals surface area contributed by atoms with Gasteiger partial charge in [0.15, 0.2) is 6.04 Å². The molecule has 2 aromatic heterocycles. The summed E-state index contributed by atoms with van der Waals surface area (Å²) in [6, 6.07) is 4.68. The molecule has 3 heterocycles. The minimum absolute atomic E-state index is 0.192. The Balaban J connectivity index is 1.48. The number of nitrogens with one attached hydrogen (secondary N) is 2. The number of aromatic nitrogens is 3. The Morgan fingerprint density at radius 1 is 1.33 bits per heavy atom. The van der Waals surface area contributed by atoms with Crippen LogP contribution in [0.15, 0.2) is 49.0 Å². The summed E-state index contributed by atoms with van der Waals surface area (Å²) >= 11 is 0. The Kier molecular flexibility index (Phi) is 5.99. The van der Waals surface area contributed by atoms with Gasteiger partial charge in [0.25, 0.3) is 5.91 Å². The highest BCUT2D eigenvalue weighted by Crippen LogP contribution is 2.36. The van der Waals surface area contributed by atoms with Crippen molar-refractivity contribution in [3.05, 3.63) is 77.5 Å². The molecule has 0 saturated heterocycles. The van der Waals surface area contributed by atoms with Gasteiger partial charge in [-0.2, -0.15) is 5.10 Å². The van der Waals surface area contributed by atoms with Crippen molar-refractivity contribution in [1.82, 2.24) is 14.8 Å². The summed E-state index contributed by atoms with van der Waals surface area (Å²) < 4.78 is 33.8. The number of hydrogen-bond acceptors (Lipinski definition) is 6. The fourth-order valence-electron chi connectivity index (χ4n) is 3.76. The first kappa shape index (κ1) is 22.3. The average Bonchev–Trinajstić information content (AvgIpc) is 3.22. The number of carbonyl (C=O) groups excluding carboxylic acids is 1. The Morgan fingerprint density at radius 3 is 2.85 bits per heavy atom. The highest BCUT2D eigenvalue weighted by atomic mass is 19.1. The van der Waals surface area contributed by atoms with Crippen LogP contribution in [0, 0.1) is 18.6 Å². The number of methoxy groups -OCH3 is 1. The third kappa shape index (κ3) is 4.50. The van der Waals surface area contributed by atoms with Gasteiger partial charge in [-0.15, -0.1) is 0 Å². The van der Waals surface area contributed by atoms with E-state index in [1.807, 2.05) is 13.0 Å². The molecule has 0 radical (unpaired) electrons. The summed E-state index contributed by atoms with van der Waals surface area (Å²) in [7, 11) is 3.28. The minimum Gasteiger partial charge on any atom is -0.499 e. The van der Waals surface area contributed by atoms with Crippen LogP contribution < -0.4 is 15.5 Å². The maximum atomic E-state index is 13.9. The number of nitrogens with zero attached hydrogens (tertiary/aromatic N) is 4. The van der Waals surface area contributed by atoms with Crippen molar-refractivity contribution < 1.29 is 18.3 Å². The molecule has 0 aliphatic carbocycles. The molecule has 0 spiro atoms. The zero-order valence-electron chi connectivity index (χ0n) is 18.5. The van der Waals surface area contributed by atoms with Crippen LogP contribution in [0.25, 0.3) is 0 Å². The molecule has 1 atom stereocenters. The molecule has 3 aromatic rings. The summed E-state index contributed by atoms with van der Waals surface area (Å²) in [5, 5.41) is 10.4. The third-order valence-corrected chi connectivity index (χ3v) is 5.52. The number of pyridine rings is 1. The fraction of sp³-hybridized carbons (Fsp3) is 0.261. The van der Waals surface area contributed by atoms with Crippen LogP contribution in [0.2, 0.25) is 0 Å². The van der Waals surface area contributed by atoms with Crippen molar-refractivity contribution in [2.24, 2.45) is 0 Å². The van der Waals surface area contributed by atoms with E-state index in [-0.39, 0.29) is 12.5 Å². The fourth-order valence-corrected chi connectivity index (χ4v) is 3.76. The van der Waals surface area contributed by atoms with Gasteiger partial charge < -0.3 is 20.3 Å². The van der Waals surface area contributed by atoms with Crippen molar-refractivity contribution >= 4 is 23.1 Å². The second-order valence-electron chi connectivity index (χ2n) is 7.80. The van der Waals surface area contributed by atoms with Gasteiger partial charge in [0, 0.05) is 43.0 Å². The van der Waals surface area contributed by atoms with E-state index >= 15 is 0 Å². The summed E-state index contributed by atoms with van der Waals surface area (Å²) in [5.74, 6) is -0.488. The number of ether oxygens (including phenoxy) is 1. The second-order valence-corrected chi connectivity index (χ2v) is 7.80. The molecule has 1 aliphatic heterocycles. The van der Waals surface area contributed by atoms with Crippen molar-refractivity contribution in [1.29, 1.82) is 0 Å². The molecule has 8 nitrogen and oxygen atoms in total. The molecule has 1 aromatic carbocycles. The van der Waals surface area contributed by atoms with E-state index in [0.29, 0.717) is 35.1 Å². The molecule has 0 saturated carbocycles. The Labute approximate surface area is 189 Å². The predicted molar refractivity (Wildman–Crippen MR) is 121 cm³/mol. The van der Waals surface area contributed by atoms with Gasteiger partial charge in [-0.1, -0.05) is 12.6 Å². The van der Waals surface area contributed by atoms with E-state index in [2.05, 4.69) is 27.3 Å². The predicted octanol–water partition coefficient (Wildman–Crippen LogP) is 3.44. The molecular weight excluding hydrogens is 430 g/mol. The Hall–Kier alpha value is -3.95. The zero-order valence-corrected chi connectivity index (χ0v) is 18.5. The molecule has 2 N–H and O–H groups in total. The number of hydrogen-bond donors (Lipinski definition) is 2. The number of amides is 1. The van der Waals surface area contributed by atoms with Gasteiger partial charge in [-0.05, 0) is 13.0 Å². The van der Waals surface area contributed by atoms with E-state index < -0.39 is 17.7 Å². The number of fused-ring (bicyclic) bond motifs is 1. The highest BCUT2D eigenvalue weighted by Gasteiger charge is 2.35. The number of aryl methyl sites for hydroxylation is 1. The van der Waals surface area contributed by atoms with Crippen molar-refractivity contribution in [2.75, 3.05) is 29.7 Å². The minimum atomic E-state index is -0.651. The molecule has 10 heteroatoms. The van der Waals surface area contributed by atoms with Crippen molar-refractivity contribution in [3.8, 4) is 0 Å². The van der Waals surface area contributed by atoms with Crippen LogP contribution in [0.1, 0.15) is 16.8 Å². The van der Waals surface area contributed by atoms with Crippen molar-refractivity contribution in [2.45, 2.75) is 26.1 Å². The topological polar surface area (TPSA) is 84.3 Å². The molecule has 172 valence electrons. The average molecular weight is 454 g/mol. The molecule has 0 unspecified atom stereocenters. The molecule has 1 aliphatic rings. The summed E-state index contributed by atoms with van der Waals surface area (Å²) in [4.78, 5) is 18.8. The van der Waals surface area contributed by atoms with Crippen LogP contribution in [0.3, 0.4) is 0 Å². The maximum absolute atomic E-state index is 13.9. The quantitative estimate of drug-likeness (QED) is 0.532. The first-order valence-corrected chi connectivity index (χ1v) is 10.2. The van der Waals surface area contributed by atoms with E-state index in [9.17, 15) is 13.6 Å². The zero-order chi connectivity index (χ0) is 23.7. The van der Waals surface area contributed by atoms with Crippen LogP contribution >= 0.6 is 0 Å². The Morgan fingerprint density at radius 2 is 2.12 bits per heavy atom. The first-order chi connectivity index (χ1) is 15.8. The monoisotopic (exact) mass is 454 g/mol. The van der Waals surface area contributed by atoms with Crippen molar-refractivity contribution in [3.63, 3.8) is 0 Å². The number of halogens is 2. The second kappa shape index (κ2) is 8.89. The number of rotatable bonds is 7. The van der Waals surface area contributed by atoms with Crippen LogP contribution in [0.4, 0.5) is 26.0 Å². The molecule has 0 bridgehead atoms. The molecule has 1 amide bonds. The van der Waals surface area contributed by atoms with Gasteiger partial charge in [0.1, 0.15) is 23.2 Å². The van der Waals surface area contributed by atoms with E-state index in [4.69, 9.17) is 4.74 Å².